The molecule has 4 heteroatoms. The SMILES string of the molecule is CN(C)C(CNCc1ccc(C#N)cc1)c1ccc(F)cc1. The van der Waals surface area contributed by atoms with Crippen molar-refractivity contribution in [3.63, 3.8) is 0 Å². The number of hydrogen-bond acceptors (Lipinski definition) is 3. The molecule has 0 aliphatic rings. The number of halogens is 1. The first-order chi connectivity index (χ1) is 10.6. The molecule has 0 saturated carbocycles. The fourth-order valence-corrected chi connectivity index (χ4v) is 2.33. The van der Waals surface area contributed by atoms with Crippen LogP contribution in [-0.2, 0) is 6.54 Å². The van der Waals surface area contributed by atoms with Crippen LogP contribution in [0.2, 0.25) is 0 Å². The zero-order valence-corrected chi connectivity index (χ0v) is 12.9. The molecule has 22 heavy (non-hydrogen) atoms. The second kappa shape index (κ2) is 7.69. The highest BCUT2D eigenvalue weighted by Crippen LogP contribution is 2.18. The second-order valence-electron chi connectivity index (χ2n) is 5.47. The molecular weight excluding hydrogens is 277 g/mol. The van der Waals surface area contributed by atoms with Crippen molar-refractivity contribution in [3.8, 4) is 6.07 Å². The zero-order valence-electron chi connectivity index (χ0n) is 12.9. The van der Waals surface area contributed by atoms with Crippen LogP contribution >= 0.6 is 0 Å². The second-order valence-corrected chi connectivity index (χ2v) is 5.47. The van der Waals surface area contributed by atoms with Gasteiger partial charge in [-0.3, -0.25) is 0 Å². The Morgan fingerprint density at radius 1 is 1.09 bits per heavy atom. The third-order valence-corrected chi connectivity index (χ3v) is 3.63. The van der Waals surface area contributed by atoms with Crippen molar-refractivity contribution in [2.45, 2.75) is 12.6 Å². The van der Waals surface area contributed by atoms with Gasteiger partial charge < -0.3 is 10.2 Å². The van der Waals surface area contributed by atoms with Gasteiger partial charge in [-0.1, -0.05) is 24.3 Å². The van der Waals surface area contributed by atoms with Gasteiger partial charge in [0.05, 0.1) is 11.6 Å². The van der Waals surface area contributed by atoms with Crippen LogP contribution in [-0.4, -0.2) is 25.5 Å². The van der Waals surface area contributed by atoms with Crippen LogP contribution in [0.4, 0.5) is 4.39 Å². The Labute approximate surface area is 131 Å². The molecule has 0 bridgehead atoms. The van der Waals surface area contributed by atoms with E-state index >= 15 is 0 Å². The number of nitriles is 1. The van der Waals surface area contributed by atoms with Gasteiger partial charge in [-0.05, 0) is 49.5 Å². The minimum Gasteiger partial charge on any atom is -0.311 e. The number of nitrogens with zero attached hydrogens (tertiary/aromatic N) is 2. The molecule has 0 spiro atoms. The van der Waals surface area contributed by atoms with Gasteiger partial charge in [-0.25, -0.2) is 4.39 Å². The van der Waals surface area contributed by atoms with E-state index in [0.29, 0.717) is 5.56 Å². The molecule has 0 radical (unpaired) electrons. The molecule has 1 unspecified atom stereocenters. The average molecular weight is 297 g/mol. The number of likely N-dealkylation sites (N-methyl/N-ethyl adjacent to an activating group) is 1. The third-order valence-electron chi connectivity index (χ3n) is 3.63. The standard InChI is InChI=1S/C18H20FN3/c1-22(2)18(16-7-9-17(19)10-8-16)13-21-12-15-5-3-14(11-20)4-6-15/h3-10,18,21H,12-13H2,1-2H3. The van der Waals surface area contributed by atoms with Crippen molar-refractivity contribution >= 4 is 0 Å². The number of rotatable bonds is 6. The van der Waals surface area contributed by atoms with Gasteiger partial charge in [0, 0.05) is 19.1 Å². The summed E-state index contributed by atoms with van der Waals surface area (Å²) in [5.41, 5.74) is 2.88. The van der Waals surface area contributed by atoms with Crippen molar-refractivity contribution in [2.75, 3.05) is 20.6 Å². The summed E-state index contributed by atoms with van der Waals surface area (Å²) >= 11 is 0. The quantitative estimate of drug-likeness (QED) is 0.890. The fraction of sp³-hybridized carbons (Fsp3) is 0.278. The molecule has 3 nitrogen and oxygen atoms in total. The summed E-state index contributed by atoms with van der Waals surface area (Å²) in [6.07, 6.45) is 0. The lowest BCUT2D eigenvalue weighted by molar-refractivity contribution is 0.288. The van der Waals surface area contributed by atoms with E-state index in [9.17, 15) is 4.39 Å². The van der Waals surface area contributed by atoms with Crippen molar-refractivity contribution in [2.24, 2.45) is 0 Å². The van der Waals surface area contributed by atoms with Gasteiger partial charge in [0.1, 0.15) is 5.82 Å². The molecule has 1 N–H and O–H groups in total. The molecule has 2 rings (SSSR count). The van der Waals surface area contributed by atoms with E-state index in [4.69, 9.17) is 5.26 Å². The first kappa shape index (κ1) is 16.2. The minimum atomic E-state index is -0.216. The maximum atomic E-state index is 13.0. The summed E-state index contributed by atoms with van der Waals surface area (Å²) in [5, 5.41) is 12.2. The Morgan fingerprint density at radius 3 is 2.27 bits per heavy atom. The highest BCUT2D eigenvalue weighted by Gasteiger charge is 2.13. The molecular formula is C18H20FN3. The molecule has 2 aromatic rings. The van der Waals surface area contributed by atoms with Crippen molar-refractivity contribution in [1.82, 2.24) is 10.2 Å². The summed E-state index contributed by atoms with van der Waals surface area (Å²) < 4.78 is 13.0. The number of hydrogen-bond donors (Lipinski definition) is 1. The summed E-state index contributed by atoms with van der Waals surface area (Å²) in [6.45, 7) is 1.50. The monoisotopic (exact) mass is 297 g/mol. The largest absolute Gasteiger partial charge is 0.311 e. The molecule has 0 aliphatic heterocycles. The van der Waals surface area contributed by atoms with Gasteiger partial charge in [-0.2, -0.15) is 5.26 Å². The zero-order chi connectivity index (χ0) is 15.9. The third kappa shape index (κ3) is 4.39. The smallest absolute Gasteiger partial charge is 0.123 e. The summed E-state index contributed by atoms with van der Waals surface area (Å²) in [5.74, 6) is -0.216. The molecule has 0 aliphatic carbocycles. The number of benzene rings is 2. The van der Waals surface area contributed by atoms with Crippen LogP contribution in [0.3, 0.4) is 0 Å². The predicted octanol–water partition coefficient (Wildman–Crippen LogP) is 3.09. The Kier molecular flexibility index (Phi) is 5.65. The van der Waals surface area contributed by atoms with Crippen molar-refractivity contribution in [1.29, 1.82) is 5.26 Å². The lowest BCUT2D eigenvalue weighted by Crippen LogP contribution is -2.30. The Hall–Kier alpha value is -2.22. The Bertz CT molecular complexity index is 627. The molecule has 0 aromatic heterocycles. The first-order valence-electron chi connectivity index (χ1n) is 7.22. The van der Waals surface area contributed by atoms with Gasteiger partial charge in [-0.15, -0.1) is 0 Å². The van der Waals surface area contributed by atoms with Crippen molar-refractivity contribution < 1.29 is 4.39 Å². The number of nitrogens with one attached hydrogen (secondary N) is 1. The van der Waals surface area contributed by atoms with E-state index in [1.165, 1.54) is 12.1 Å². The molecule has 0 heterocycles. The van der Waals surface area contributed by atoms with Crippen LogP contribution in [0, 0.1) is 17.1 Å². The van der Waals surface area contributed by atoms with Crippen LogP contribution < -0.4 is 5.32 Å². The minimum absolute atomic E-state index is 0.180. The van der Waals surface area contributed by atoms with Gasteiger partial charge in [0.15, 0.2) is 0 Å². The van der Waals surface area contributed by atoms with Gasteiger partial charge in [0.2, 0.25) is 0 Å². The highest BCUT2D eigenvalue weighted by atomic mass is 19.1. The van der Waals surface area contributed by atoms with E-state index < -0.39 is 0 Å². The van der Waals surface area contributed by atoms with Gasteiger partial charge >= 0.3 is 0 Å². The summed E-state index contributed by atoms with van der Waals surface area (Å²) in [6, 6.07) is 16.5. The van der Waals surface area contributed by atoms with E-state index in [1.807, 2.05) is 50.5 Å². The van der Waals surface area contributed by atoms with Crippen molar-refractivity contribution in [3.05, 3.63) is 71.0 Å². The molecule has 2 aromatic carbocycles. The molecule has 0 saturated heterocycles. The first-order valence-corrected chi connectivity index (χ1v) is 7.22. The molecule has 0 fully saturated rings. The van der Waals surface area contributed by atoms with Crippen LogP contribution in [0.1, 0.15) is 22.7 Å². The lowest BCUT2D eigenvalue weighted by atomic mass is 10.1. The summed E-state index contributed by atoms with van der Waals surface area (Å²) in [7, 11) is 4.02. The maximum absolute atomic E-state index is 13.0. The van der Waals surface area contributed by atoms with E-state index in [0.717, 1.165) is 24.2 Å². The predicted molar refractivity (Wildman–Crippen MR) is 85.7 cm³/mol. The van der Waals surface area contributed by atoms with Gasteiger partial charge in [0.25, 0.3) is 0 Å². The highest BCUT2D eigenvalue weighted by molar-refractivity contribution is 5.31. The molecule has 114 valence electrons. The van der Waals surface area contributed by atoms with E-state index in [-0.39, 0.29) is 11.9 Å². The Balaban J connectivity index is 1.94. The molecule has 0 amide bonds. The Morgan fingerprint density at radius 2 is 1.73 bits per heavy atom. The van der Waals surface area contributed by atoms with E-state index in [1.54, 1.807) is 0 Å². The maximum Gasteiger partial charge on any atom is 0.123 e. The van der Waals surface area contributed by atoms with Crippen LogP contribution in [0.25, 0.3) is 0 Å². The molecule has 1 atom stereocenters. The normalized spacial score (nSPS) is 12.1. The van der Waals surface area contributed by atoms with Crippen LogP contribution in [0.5, 0.6) is 0 Å². The van der Waals surface area contributed by atoms with Crippen LogP contribution in [0.15, 0.2) is 48.5 Å². The topological polar surface area (TPSA) is 39.1 Å². The fourth-order valence-electron chi connectivity index (χ4n) is 2.33. The lowest BCUT2D eigenvalue weighted by Gasteiger charge is -2.25. The summed E-state index contributed by atoms with van der Waals surface area (Å²) in [4.78, 5) is 2.11. The average Bonchev–Trinajstić information content (AvgIpc) is 2.53. The van der Waals surface area contributed by atoms with E-state index in [2.05, 4.69) is 16.3 Å².